The van der Waals surface area contributed by atoms with E-state index in [2.05, 4.69) is 29.5 Å². The van der Waals surface area contributed by atoms with Crippen LogP contribution in [0.2, 0.25) is 0 Å². The van der Waals surface area contributed by atoms with Crippen molar-refractivity contribution in [2.75, 3.05) is 12.0 Å². The summed E-state index contributed by atoms with van der Waals surface area (Å²) < 4.78 is 0. The predicted octanol–water partition coefficient (Wildman–Crippen LogP) is 2.43. The number of hydrogen-bond acceptors (Lipinski definition) is 2. The zero-order valence-corrected chi connectivity index (χ0v) is 10.8. The van der Waals surface area contributed by atoms with E-state index in [0.29, 0.717) is 6.04 Å². The van der Waals surface area contributed by atoms with Crippen molar-refractivity contribution in [3.63, 3.8) is 0 Å². The third-order valence-electron chi connectivity index (χ3n) is 0.644. The van der Waals surface area contributed by atoms with Crippen LogP contribution in [0.25, 0.3) is 0 Å². The molecule has 0 aliphatic carbocycles. The summed E-state index contributed by atoms with van der Waals surface area (Å²) in [6.45, 7) is 8.07. The minimum absolute atomic E-state index is 0.384. The summed E-state index contributed by atoms with van der Waals surface area (Å²) in [5.41, 5.74) is 5.29. The Bertz CT molecular complexity index is 28.1. The molecule has 0 radical (unpaired) electrons. The number of halogens is 1. The topological polar surface area (TPSA) is 46.2 Å². The summed E-state index contributed by atoms with van der Waals surface area (Å²) in [7, 11) is 1.00. The molecule has 0 fully saturated rings. The molecule has 11 heavy (non-hydrogen) atoms. The first-order valence-corrected chi connectivity index (χ1v) is 6.01. The van der Waals surface area contributed by atoms with Crippen molar-refractivity contribution in [1.82, 2.24) is 0 Å². The molecule has 0 rings (SSSR count). The van der Waals surface area contributed by atoms with Crippen molar-refractivity contribution in [3.8, 4) is 0 Å². The van der Waals surface area contributed by atoms with Gasteiger partial charge in [0, 0.05) is 13.2 Å². The Kier molecular flexibility index (Phi) is 94.1. The number of aliphatic hydroxyl groups excluding tert-OH is 1. The highest BCUT2D eigenvalue weighted by Crippen LogP contribution is 1.77. The number of aliphatic hydroxyl groups is 1. The molecule has 0 aliphatic rings. The van der Waals surface area contributed by atoms with Crippen LogP contribution in [0.4, 0.5) is 0 Å². The maximum Gasteiger partial charge on any atom is 0.0319 e. The minimum Gasteiger partial charge on any atom is -0.400 e. The van der Waals surface area contributed by atoms with Gasteiger partial charge in [-0.05, 0) is 18.3 Å². The molecule has 1 atom stereocenters. The lowest BCUT2D eigenvalue weighted by Crippen LogP contribution is -2.11. The Balaban J connectivity index is -0.0000000350. The first kappa shape index (κ1) is 22.6. The molecule has 0 aliphatic heterocycles. The van der Waals surface area contributed by atoms with E-state index < -0.39 is 0 Å². The van der Waals surface area contributed by atoms with E-state index in [1.165, 1.54) is 0 Å². The van der Waals surface area contributed by atoms with Gasteiger partial charge < -0.3 is 10.8 Å². The highest BCUT2D eigenvalue weighted by molar-refractivity contribution is 14.1. The standard InChI is InChI=1S/C4H11N.C2H6.CH3I.CH4O/c1-3-4(2)5;3*1-2/h4H,3,5H2,1-2H3;1-2H3;1H3;2H,1H3/t4-;;;/m1.../s1. The van der Waals surface area contributed by atoms with Crippen LogP contribution in [0.5, 0.6) is 0 Å². The molecule has 2 nitrogen and oxygen atoms in total. The van der Waals surface area contributed by atoms with E-state index in [0.717, 1.165) is 13.5 Å². The lowest BCUT2D eigenvalue weighted by atomic mass is 10.3. The first-order valence-electron chi connectivity index (χ1n) is 3.85. The van der Waals surface area contributed by atoms with Crippen LogP contribution in [-0.2, 0) is 0 Å². The normalized spacial score (nSPS) is 8.45. The van der Waals surface area contributed by atoms with Crippen molar-refractivity contribution in [2.45, 2.75) is 40.2 Å². The fraction of sp³-hybridized carbons (Fsp3) is 1.00. The van der Waals surface area contributed by atoms with Crippen LogP contribution >= 0.6 is 22.6 Å². The van der Waals surface area contributed by atoms with Crippen molar-refractivity contribution < 1.29 is 5.11 Å². The van der Waals surface area contributed by atoms with Gasteiger partial charge in [0.05, 0.1) is 0 Å². The second-order valence-electron chi connectivity index (χ2n) is 1.39. The summed E-state index contributed by atoms with van der Waals surface area (Å²) >= 11 is 2.15. The quantitative estimate of drug-likeness (QED) is 0.571. The fourth-order valence-corrected chi connectivity index (χ4v) is 0. The first-order chi connectivity index (χ1) is 5.27. The van der Waals surface area contributed by atoms with Gasteiger partial charge in [-0.25, -0.2) is 0 Å². The molecule has 74 valence electrons. The van der Waals surface area contributed by atoms with Gasteiger partial charge in [0.2, 0.25) is 0 Å². The summed E-state index contributed by atoms with van der Waals surface area (Å²) in [6.07, 6.45) is 1.08. The van der Waals surface area contributed by atoms with Gasteiger partial charge in [0.15, 0.2) is 0 Å². The number of hydrogen-bond donors (Lipinski definition) is 2. The summed E-state index contributed by atoms with van der Waals surface area (Å²) in [5, 5.41) is 7.00. The Morgan fingerprint density at radius 3 is 1.36 bits per heavy atom. The van der Waals surface area contributed by atoms with Crippen LogP contribution in [0.3, 0.4) is 0 Å². The van der Waals surface area contributed by atoms with Gasteiger partial charge in [-0.1, -0.05) is 43.4 Å². The Morgan fingerprint density at radius 2 is 1.36 bits per heavy atom. The SMILES string of the molecule is CC.CC[C@@H](C)N.CI.CO. The second-order valence-corrected chi connectivity index (χ2v) is 1.39. The van der Waals surface area contributed by atoms with E-state index in [1.807, 2.05) is 25.7 Å². The maximum absolute atomic E-state index is 7.00. The molecule has 0 aromatic heterocycles. The molecule has 0 saturated carbocycles. The van der Waals surface area contributed by atoms with Crippen LogP contribution in [0.1, 0.15) is 34.1 Å². The minimum atomic E-state index is 0.384. The number of nitrogens with two attached hydrogens (primary N) is 1. The Labute approximate surface area is 85.7 Å². The summed E-state index contributed by atoms with van der Waals surface area (Å²) in [6, 6.07) is 0.384. The van der Waals surface area contributed by atoms with Crippen LogP contribution in [-0.4, -0.2) is 23.2 Å². The van der Waals surface area contributed by atoms with Crippen molar-refractivity contribution in [3.05, 3.63) is 0 Å². The van der Waals surface area contributed by atoms with E-state index in [9.17, 15) is 0 Å². The van der Waals surface area contributed by atoms with Crippen molar-refractivity contribution >= 4 is 22.6 Å². The number of rotatable bonds is 1. The van der Waals surface area contributed by atoms with Crippen LogP contribution in [0.15, 0.2) is 0 Å². The molecule has 0 aromatic carbocycles. The molecule has 0 saturated heterocycles. The summed E-state index contributed by atoms with van der Waals surface area (Å²) in [4.78, 5) is 1.97. The van der Waals surface area contributed by atoms with Gasteiger partial charge in [-0.15, -0.1) is 0 Å². The lowest BCUT2D eigenvalue weighted by molar-refractivity contribution is 0.399. The third kappa shape index (κ3) is 113. The third-order valence-corrected chi connectivity index (χ3v) is 0.644. The molecule has 0 aromatic rings. The molecular weight excluding hydrogens is 253 g/mol. The average Bonchev–Trinajstić information content (AvgIpc) is 2.15. The molecule has 0 unspecified atom stereocenters. The predicted molar refractivity (Wildman–Crippen MR) is 63.4 cm³/mol. The molecule has 0 amide bonds. The molecule has 3 N–H and O–H groups in total. The van der Waals surface area contributed by atoms with Crippen LogP contribution in [0, 0.1) is 0 Å². The van der Waals surface area contributed by atoms with Gasteiger partial charge in [-0.3, -0.25) is 0 Å². The van der Waals surface area contributed by atoms with Crippen molar-refractivity contribution in [2.24, 2.45) is 5.73 Å². The largest absolute Gasteiger partial charge is 0.400 e. The second kappa shape index (κ2) is 45.9. The monoisotopic (exact) mass is 277 g/mol. The van der Waals surface area contributed by atoms with Gasteiger partial charge in [0.25, 0.3) is 0 Å². The molecule has 0 spiro atoms. The zero-order chi connectivity index (χ0) is 10.3. The molecule has 0 bridgehead atoms. The van der Waals surface area contributed by atoms with E-state index in [-0.39, 0.29) is 0 Å². The Morgan fingerprint density at radius 1 is 1.27 bits per heavy atom. The highest BCUT2D eigenvalue weighted by Gasteiger charge is 1.79. The van der Waals surface area contributed by atoms with Crippen LogP contribution < -0.4 is 5.73 Å². The molecular formula is C8H24INO. The zero-order valence-electron chi connectivity index (χ0n) is 8.69. The van der Waals surface area contributed by atoms with E-state index >= 15 is 0 Å². The average molecular weight is 277 g/mol. The molecule has 3 heteroatoms. The summed E-state index contributed by atoms with van der Waals surface area (Å²) in [5.74, 6) is 0. The van der Waals surface area contributed by atoms with E-state index in [4.69, 9.17) is 10.8 Å². The van der Waals surface area contributed by atoms with E-state index in [1.54, 1.807) is 0 Å². The maximum atomic E-state index is 7.00. The smallest absolute Gasteiger partial charge is 0.0319 e. The lowest BCUT2D eigenvalue weighted by Gasteiger charge is -1.91. The number of alkyl halides is 1. The van der Waals surface area contributed by atoms with Crippen molar-refractivity contribution in [1.29, 1.82) is 0 Å². The van der Waals surface area contributed by atoms with Gasteiger partial charge in [0.1, 0.15) is 0 Å². The van der Waals surface area contributed by atoms with Gasteiger partial charge in [-0.2, -0.15) is 0 Å². The van der Waals surface area contributed by atoms with Gasteiger partial charge >= 0.3 is 0 Å². The molecule has 0 heterocycles. The highest BCUT2D eigenvalue weighted by atomic mass is 127. The fourth-order valence-electron chi connectivity index (χ4n) is 0. The Hall–Kier alpha value is 0.650.